The number of aliphatic hydroxyl groups is 1. The fraction of sp³-hybridized carbons (Fsp3) is 0.407. The van der Waals surface area contributed by atoms with E-state index in [-0.39, 0.29) is 29.4 Å². The molecule has 0 radical (unpaired) electrons. The van der Waals surface area contributed by atoms with Crippen LogP contribution in [0.2, 0.25) is 0 Å². The second-order valence-electron chi connectivity index (χ2n) is 9.93. The first-order valence-corrected chi connectivity index (χ1v) is 12.1. The Hall–Kier alpha value is -3.59. The SMILES string of the molecule is O=C(N[C@@H](c1ccc(C(F)(F)F)cc1F)C1CC1)[C@H]1C[C@H]2C#C[C@H]2N1C(=O)c1cccc(C(O)C(F)(F)F)c1. The molecule has 39 heavy (non-hydrogen) atoms. The number of likely N-dealkylation sites (tertiary alicyclic amines) is 1. The maximum Gasteiger partial charge on any atom is 0.418 e. The van der Waals surface area contributed by atoms with Gasteiger partial charge in [0.15, 0.2) is 6.10 Å². The van der Waals surface area contributed by atoms with E-state index in [1.165, 1.54) is 17.0 Å². The largest absolute Gasteiger partial charge is 0.418 e. The number of hydrogen-bond acceptors (Lipinski definition) is 3. The van der Waals surface area contributed by atoms with Crippen LogP contribution in [-0.2, 0) is 11.0 Å². The summed E-state index contributed by atoms with van der Waals surface area (Å²) >= 11 is 0. The number of carbonyl (C=O) groups is 2. The molecular formula is C27H21F7N2O3. The molecule has 2 N–H and O–H groups in total. The van der Waals surface area contributed by atoms with Gasteiger partial charge < -0.3 is 15.3 Å². The van der Waals surface area contributed by atoms with Crippen molar-refractivity contribution in [1.29, 1.82) is 0 Å². The minimum absolute atomic E-state index is 0.109. The Labute approximate surface area is 218 Å². The van der Waals surface area contributed by atoms with Crippen LogP contribution in [-0.4, -0.2) is 40.1 Å². The van der Waals surface area contributed by atoms with E-state index < -0.39 is 65.3 Å². The number of nitrogens with zero attached hydrogens (tertiary/aromatic N) is 1. The molecule has 1 saturated heterocycles. The lowest BCUT2D eigenvalue weighted by Gasteiger charge is -2.31. The summed E-state index contributed by atoms with van der Waals surface area (Å²) in [5, 5.41) is 12.3. The highest BCUT2D eigenvalue weighted by Gasteiger charge is 2.50. The minimum Gasteiger partial charge on any atom is -0.379 e. The number of nitrogens with one attached hydrogen (secondary N) is 1. The molecule has 2 amide bonds. The molecule has 2 fully saturated rings. The van der Waals surface area contributed by atoms with Crippen molar-refractivity contribution < 1.29 is 45.4 Å². The first-order valence-electron chi connectivity index (χ1n) is 12.1. The van der Waals surface area contributed by atoms with Crippen molar-refractivity contribution >= 4 is 11.8 Å². The van der Waals surface area contributed by atoms with Gasteiger partial charge in [-0.3, -0.25) is 9.59 Å². The molecule has 1 saturated carbocycles. The number of halogens is 7. The number of aliphatic hydroxyl groups excluding tert-OH is 1. The Morgan fingerprint density at radius 2 is 1.74 bits per heavy atom. The van der Waals surface area contributed by atoms with Crippen molar-refractivity contribution in [3.8, 4) is 11.8 Å². The van der Waals surface area contributed by atoms with Gasteiger partial charge in [-0.2, -0.15) is 26.3 Å². The van der Waals surface area contributed by atoms with Gasteiger partial charge in [0, 0.05) is 11.1 Å². The monoisotopic (exact) mass is 554 g/mol. The Balaban J connectivity index is 1.39. The van der Waals surface area contributed by atoms with Gasteiger partial charge in [-0.25, -0.2) is 4.39 Å². The number of hydrogen-bond donors (Lipinski definition) is 2. The lowest BCUT2D eigenvalue weighted by atomic mass is 9.92. The molecule has 206 valence electrons. The number of alkyl halides is 6. The van der Waals surface area contributed by atoms with Gasteiger partial charge in [0.05, 0.1) is 17.5 Å². The lowest BCUT2D eigenvalue weighted by Crippen LogP contribution is -2.50. The van der Waals surface area contributed by atoms with Gasteiger partial charge in [-0.15, -0.1) is 0 Å². The molecule has 2 aromatic carbocycles. The van der Waals surface area contributed by atoms with Crippen LogP contribution >= 0.6 is 0 Å². The zero-order valence-corrected chi connectivity index (χ0v) is 20.0. The van der Waals surface area contributed by atoms with Crippen LogP contribution in [0, 0.1) is 29.5 Å². The average molecular weight is 554 g/mol. The molecule has 5 atom stereocenters. The van der Waals surface area contributed by atoms with Crippen molar-refractivity contribution in [1.82, 2.24) is 10.2 Å². The third-order valence-corrected chi connectivity index (χ3v) is 7.26. The van der Waals surface area contributed by atoms with Crippen LogP contribution < -0.4 is 5.32 Å². The molecule has 2 aromatic rings. The normalized spacial score (nSPS) is 23.7. The molecule has 1 heterocycles. The zero-order valence-electron chi connectivity index (χ0n) is 20.0. The van der Waals surface area contributed by atoms with Gasteiger partial charge in [0.25, 0.3) is 5.91 Å². The summed E-state index contributed by atoms with van der Waals surface area (Å²) < 4.78 is 92.7. The van der Waals surface area contributed by atoms with Crippen LogP contribution in [0.4, 0.5) is 30.7 Å². The van der Waals surface area contributed by atoms with Gasteiger partial charge in [0.2, 0.25) is 5.91 Å². The van der Waals surface area contributed by atoms with Gasteiger partial charge in [-0.1, -0.05) is 30.0 Å². The predicted molar refractivity (Wildman–Crippen MR) is 122 cm³/mol. The molecular weight excluding hydrogens is 533 g/mol. The fourth-order valence-corrected chi connectivity index (χ4v) is 5.04. The summed E-state index contributed by atoms with van der Waals surface area (Å²) in [4.78, 5) is 28.0. The van der Waals surface area contributed by atoms with E-state index in [0.29, 0.717) is 18.9 Å². The fourth-order valence-electron chi connectivity index (χ4n) is 5.04. The molecule has 0 spiro atoms. The first-order chi connectivity index (χ1) is 18.3. The first kappa shape index (κ1) is 27.0. The summed E-state index contributed by atoms with van der Waals surface area (Å²) in [7, 11) is 0. The van der Waals surface area contributed by atoms with Crippen LogP contribution in [0.15, 0.2) is 42.5 Å². The lowest BCUT2D eigenvalue weighted by molar-refractivity contribution is -0.206. The van der Waals surface area contributed by atoms with Gasteiger partial charge >= 0.3 is 12.4 Å². The predicted octanol–water partition coefficient (Wildman–Crippen LogP) is 4.92. The summed E-state index contributed by atoms with van der Waals surface area (Å²) in [5.41, 5.74) is -2.00. The third kappa shape index (κ3) is 5.20. The van der Waals surface area contributed by atoms with Crippen molar-refractivity contribution in [2.45, 2.75) is 55.8 Å². The molecule has 1 aliphatic heterocycles. The maximum absolute atomic E-state index is 14.8. The number of rotatable bonds is 6. The van der Waals surface area contributed by atoms with E-state index in [1.807, 2.05) is 0 Å². The Morgan fingerprint density at radius 3 is 2.31 bits per heavy atom. The number of carbonyl (C=O) groups excluding carboxylic acids is 2. The van der Waals surface area contributed by atoms with Crippen LogP contribution in [0.5, 0.6) is 0 Å². The minimum atomic E-state index is -4.95. The van der Waals surface area contributed by atoms with Crippen molar-refractivity contribution in [2.75, 3.05) is 0 Å². The van der Waals surface area contributed by atoms with Crippen LogP contribution in [0.1, 0.15) is 58.5 Å². The van der Waals surface area contributed by atoms with Crippen molar-refractivity contribution in [3.63, 3.8) is 0 Å². The second-order valence-corrected chi connectivity index (χ2v) is 9.93. The molecule has 1 unspecified atom stereocenters. The molecule has 5 nitrogen and oxygen atoms in total. The second kappa shape index (κ2) is 9.55. The number of fused-ring (bicyclic) bond motifs is 1. The van der Waals surface area contributed by atoms with E-state index >= 15 is 0 Å². The van der Waals surface area contributed by atoms with E-state index in [4.69, 9.17) is 0 Å². The molecule has 3 aliphatic rings. The molecule has 5 rings (SSSR count). The van der Waals surface area contributed by atoms with E-state index in [2.05, 4.69) is 17.2 Å². The smallest absolute Gasteiger partial charge is 0.379 e. The quantitative estimate of drug-likeness (QED) is 0.394. The Morgan fingerprint density at radius 1 is 1.03 bits per heavy atom. The van der Waals surface area contributed by atoms with Crippen molar-refractivity contribution in [3.05, 3.63) is 70.5 Å². The third-order valence-electron chi connectivity index (χ3n) is 7.26. The Bertz CT molecular complexity index is 1370. The number of benzene rings is 2. The van der Waals surface area contributed by atoms with E-state index in [1.54, 1.807) is 0 Å². The van der Waals surface area contributed by atoms with Gasteiger partial charge in [-0.05, 0) is 55.0 Å². The maximum atomic E-state index is 14.8. The highest BCUT2D eigenvalue weighted by atomic mass is 19.4. The standard InChI is InChI=1S/C27H21F7N2O3/c28-19-12-17(26(29,30)31)7-8-18(19)22(13-4-5-13)35-24(38)21-11-14-6-9-20(14)36(21)25(39)16-3-1-2-15(10-16)23(37)27(32,33)34/h1-3,7-8,10,12-14,20-23,37H,4-5,11H2,(H,35,38)/t14-,20-,21-,22-,23?/m1/s1. The summed E-state index contributed by atoms with van der Waals surface area (Å²) in [6.07, 6.45) is -11.1. The zero-order chi connectivity index (χ0) is 28.3. The summed E-state index contributed by atoms with van der Waals surface area (Å²) in [5.74, 6) is 2.51. The topological polar surface area (TPSA) is 69.6 Å². The highest BCUT2D eigenvalue weighted by molar-refractivity contribution is 5.99. The van der Waals surface area contributed by atoms with Gasteiger partial charge in [0.1, 0.15) is 17.9 Å². The summed E-state index contributed by atoms with van der Waals surface area (Å²) in [6.45, 7) is 0. The molecule has 0 bridgehead atoms. The number of amides is 2. The average Bonchev–Trinajstić information content (AvgIpc) is 3.65. The van der Waals surface area contributed by atoms with E-state index in [9.17, 15) is 45.4 Å². The van der Waals surface area contributed by atoms with Crippen molar-refractivity contribution in [2.24, 2.45) is 11.8 Å². The molecule has 0 aromatic heterocycles. The van der Waals surface area contributed by atoms with Crippen LogP contribution in [0.25, 0.3) is 0 Å². The van der Waals surface area contributed by atoms with E-state index in [0.717, 1.165) is 24.3 Å². The molecule has 12 heteroatoms. The highest BCUT2D eigenvalue weighted by Crippen LogP contribution is 2.44. The summed E-state index contributed by atoms with van der Waals surface area (Å²) in [6, 6.07) is 3.77. The Kier molecular flexibility index (Phi) is 6.61. The molecule has 2 aliphatic carbocycles. The van der Waals surface area contributed by atoms with Crippen LogP contribution in [0.3, 0.4) is 0 Å².